The fourth-order valence-electron chi connectivity index (χ4n) is 3.50. The van der Waals surface area contributed by atoms with E-state index >= 15 is 0 Å². The van der Waals surface area contributed by atoms with Crippen molar-refractivity contribution in [2.75, 3.05) is 44.8 Å². The second-order valence-electron chi connectivity index (χ2n) is 6.91. The van der Waals surface area contributed by atoms with Gasteiger partial charge in [-0.3, -0.25) is 14.5 Å². The van der Waals surface area contributed by atoms with Gasteiger partial charge in [0.2, 0.25) is 11.8 Å². The highest BCUT2D eigenvalue weighted by molar-refractivity contribution is 7.14. The lowest BCUT2D eigenvalue weighted by Gasteiger charge is -2.37. The summed E-state index contributed by atoms with van der Waals surface area (Å²) in [4.78, 5) is 30.3. The van der Waals surface area contributed by atoms with Crippen molar-refractivity contribution in [1.82, 2.24) is 15.6 Å². The number of methoxy groups -OCH3 is 1. The first-order valence-corrected chi connectivity index (χ1v) is 9.71. The zero-order chi connectivity index (χ0) is 17.7. The van der Waals surface area contributed by atoms with Crippen LogP contribution in [0.5, 0.6) is 0 Å². The van der Waals surface area contributed by atoms with E-state index in [9.17, 15) is 9.59 Å². The van der Waals surface area contributed by atoms with Crippen LogP contribution in [0.3, 0.4) is 0 Å². The van der Waals surface area contributed by atoms with Gasteiger partial charge in [-0.1, -0.05) is 0 Å². The van der Waals surface area contributed by atoms with Crippen molar-refractivity contribution in [2.45, 2.75) is 32.1 Å². The Hall–Kier alpha value is -1.51. The molecule has 0 unspecified atom stereocenters. The molecular weight excluding hydrogens is 340 g/mol. The molecular formula is C17H26N4O3S. The molecule has 2 N–H and O–H groups in total. The minimum Gasteiger partial charge on any atom is -0.384 e. The normalized spacial score (nSPS) is 20.0. The number of amides is 2. The summed E-state index contributed by atoms with van der Waals surface area (Å²) >= 11 is 1.43. The summed E-state index contributed by atoms with van der Waals surface area (Å²) in [6, 6.07) is 0. The van der Waals surface area contributed by atoms with Gasteiger partial charge in [0, 0.05) is 37.4 Å². The molecule has 2 aliphatic heterocycles. The summed E-state index contributed by atoms with van der Waals surface area (Å²) in [5.74, 6) is 0.0939. The zero-order valence-electron chi connectivity index (χ0n) is 14.7. The summed E-state index contributed by atoms with van der Waals surface area (Å²) in [5, 5.41) is 8.98. The van der Waals surface area contributed by atoms with E-state index in [-0.39, 0.29) is 23.7 Å². The zero-order valence-corrected chi connectivity index (χ0v) is 15.5. The molecule has 0 aromatic carbocycles. The highest BCUT2D eigenvalue weighted by Crippen LogP contribution is 2.28. The van der Waals surface area contributed by atoms with Gasteiger partial charge in [-0.2, -0.15) is 0 Å². The number of carbonyl (C=O) groups excluding carboxylic acids is 2. The van der Waals surface area contributed by atoms with Crippen molar-refractivity contribution in [2.24, 2.45) is 5.41 Å². The fourth-order valence-corrected chi connectivity index (χ4v) is 4.37. The van der Waals surface area contributed by atoms with Gasteiger partial charge in [0.25, 0.3) is 0 Å². The Labute approximate surface area is 152 Å². The second-order valence-corrected chi connectivity index (χ2v) is 7.74. The number of nitrogens with one attached hydrogen (secondary N) is 2. The summed E-state index contributed by atoms with van der Waals surface area (Å²) in [7, 11) is 1.71. The minimum absolute atomic E-state index is 0.0187. The third-order valence-electron chi connectivity index (χ3n) is 4.96. The molecule has 0 spiro atoms. The number of piperidine rings is 1. The van der Waals surface area contributed by atoms with E-state index in [1.807, 2.05) is 5.38 Å². The van der Waals surface area contributed by atoms with Crippen LogP contribution in [-0.2, 0) is 20.7 Å². The number of aromatic nitrogens is 1. The lowest BCUT2D eigenvalue weighted by atomic mass is 9.79. The lowest BCUT2D eigenvalue weighted by Crippen LogP contribution is -2.47. The Morgan fingerprint density at radius 2 is 2.28 bits per heavy atom. The Morgan fingerprint density at radius 3 is 2.96 bits per heavy atom. The molecule has 0 aliphatic carbocycles. The molecule has 138 valence electrons. The number of ether oxygens (including phenoxy) is 1. The van der Waals surface area contributed by atoms with Crippen LogP contribution in [0.1, 0.15) is 31.4 Å². The molecule has 1 aromatic heterocycles. The molecule has 2 aliphatic rings. The van der Waals surface area contributed by atoms with Gasteiger partial charge in [0.1, 0.15) is 0 Å². The second kappa shape index (κ2) is 8.25. The monoisotopic (exact) mass is 366 g/mol. The van der Waals surface area contributed by atoms with Gasteiger partial charge < -0.3 is 15.4 Å². The Bertz CT molecular complexity index is 607. The molecule has 8 heteroatoms. The first kappa shape index (κ1) is 18.3. The molecule has 0 radical (unpaired) electrons. The molecule has 2 amide bonds. The van der Waals surface area contributed by atoms with E-state index in [0.29, 0.717) is 24.7 Å². The fraction of sp³-hybridized carbons (Fsp3) is 0.706. The topological polar surface area (TPSA) is 83.6 Å². The van der Waals surface area contributed by atoms with Crippen LogP contribution in [0, 0.1) is 5.41 Å². The molecule has 3 heterocycles. The van der Waals surface area contributed by atoms with Crippen LogP contribution in [-0.4, -0.2) is 56.7 Å². The van der Waals surface area contributed by atoms with Crippen molar-refractivity contribution < 1.29 is 14.3 Å². The first-order chi connectivity index (χ1) is 12.1. The number of anilines is 1. The largest absolute Gasteiger partial charge is 0.384 e. The maximum atomic E-state index is 12.3. The SMILES string of the molecule is COCC1(CNC(=O)Cc2csc(N3CCCC3=O)n2)CCNCC1. The van der Waals surface area contributed by atoms with Gasteiger partial charge in [-0.15, -0.1) is 11.3 Å². The quantitative estimate of drug-likeness (QED) is 0.751. The van der Waals surface area contributed by atoms with E-state index < -0.39 is 0 Å². The summed E-state index contributed by atoms with van der Waals surface area (Å²) in [5.41, 5.74) is 0.744. The molecule has 0 bridgehead atoms. The number of carbonyl (C=O) groups is 2. The van der Waals surface area contributed by atoms with Crippen molar-refractivity contribution in [3.05, 3.63) is 11.1 Å². The van der Waals surface area contributed by atoms with Crippen LogP contribution in [0.2, 0.25) is 0 Å². The third-order valence-corrected chi connectivity index (χ3v) is 5.87. The van der Waals surface area contributed by atoms with E-state index in [2.05, 4.69) is 15.6 Å². The maximum absolute atomic E-state index is 12.3. The standard InChI is InChI=1S/C17H26N4O3S/c1-24-12-17(4-6-18-7-5-17)11-19-14(22)9-13-10-25-16(20-13)21-8-2-3-15(21)23/h10,18H,2-9,11-12H2,1H3,(H,19,22). The molecule has 2 fully saturated rings. The van der Waals surface area contributed by atoms with Crippen LogP contribution in [0.25, 0.3) is 0 Å². The molecule has 3 rings (SSSR count). The minimum atomic E-state index is -0.0291. The van der Waals surface area contributed by atoms with Crippen LogP contribution in [0.4, 0.5) is 5.13 Å². The van der Waals surface area contributed by atoms with E-state index in [1.54, 1.807) is 12.0 Å². The first-order valence-electron chi connectivity index (χ1n) is 8.83. The Morgan fingerprint density at radius 1 is 1.48 bits per heavy atom. The van der Waals surface area contributed by atoms with Crippen molar-refractivity contribution in [3.63, 3.8) is 0 Å². The summed E-state index contributed by atoms with van der Waals surface area (Å²) < 4.78 is 5.38. The number of hydrogen-bond acceptors (Lipinski definition) is 6. The molecule has 7 nitrogen and oxygen atoms in total. The average Bonchev–Trinajstić information content (AvgIpc) is 3.23. The predicted octanol–water partition coefficient (Wildman–Crippen LogP) is 0.945. The van der Waals surface area contributed by atoms with Gasteiger partial charge in [-0.05, 0) is 32.4 Å². The van der Waals surface area contributed by atoms with Gasteiger partial charge in [0.15, 0.2) is 5.13 Å². The predicted molar refractivity (Wildman–Crippen MR) is 96.8 cm³/mol. The molecule has 0 saturated carbocycles. The molecule has 25 heavy (non-hydrogen) atoms. The van der Waals surface area contributed by atoms with Gasteiger partial charge >= 0.3 is 0 Å². The number of hydrogen-bond donors (Lipinski definition) is 2. The third kappa shape index (κ3) is 4.56. The number of rotatable bonds is 7. The average molecular weight is 366 g/mol. The lowest BCUT2D eigenvalue weighted by molar-refractivity contribution is -0.121. The van der Waals surface area contributed by atoms with E-state index in [1.165, 1.54) is 11.3 Å². The number of nitrogens with zero attached hydrogens (tertiary/aromatic N) is 2. The summed E-state index contributed by atoms with van der Waals surface area (Å²) in [6.45, 7) is 3.93. The van der Waals surface area contributed by atoms with Crippen molar-refractivity contribution >= 4 is 28.3 Å². The Balaban J connectivity index is 1.52. The summed E-state index contributed by atoms with van der Waals surface area (Å²) in [6.07, 6.45) is 3.72. The highest BCUT2D eigenvalue weighted by Gasteiger charge is 2.32. The van der Waals surface area contributed by atoms with Crippen molar-refractivity contribution in [1.29, 1.82) is 0 Å². The molecule has 2 saturated heterocycles. The Kier molecular flexibility index (Phi) is 6.03. The van der Waals surface area contributed by atoms with Crippen LogP contribution >= 0.6 is 11.3 Å². The number of thiazole rings is 1. The molecule has 0 atom stereocenters. The maximum Gasteiger partial charge on any atom is 0.228 e. The van der Waals surface area contributed by atoms with Crippen LogP contribution in [0.15, 0.2) is 5.38 Å². The van der Waals surface area contributed by atoms with Gasteiger partial charge in [0.05, 0.1) is 18.7 Å². The smallest absolute Gasteiger partial charge is 0.228 e. The van der Waals surface area contributed by atoms with Crippen LogP contribution < -0.4 is 15.5 Å². The van der Waals surface area contributed by atoms with Crippen molar-refractivity contribution in [3.8, 4) is 0 Å². The van der Waals surface area contributed by atoms with E-state index in [0.717, 1.165) is 44.6 Å². The van der Waals surface area contributed by atoms with Gasteiger partial charge in [-0.25, -0.2) is 4.98 Å². The highest BCUT2D eigenvalue weighted by atomic mass is 32.1. The van der Waals surface area contributed by atoms with E-state index in [4.69, 9.17) is 4.74 Å². The molecule has 1 aromatic rings.